The molecule has 4 aromatic rings. The molecule has 130 valence electrons. The van der Waals surface area contributed by atoms with Crippen molar-refractivity contribution in [1.82, 2.24) is 15.2 Å². The Balaban J connectivity index is 1.64. The van der Waals surface area contributed by atoms with Gasteiger partial charge in [-0.3, -0.25) is 0 Å². The molecular formula is C20H18N4O2. The van der Waals surface area contributed by atoms with Gasteiger partial charge in [-0.2, -0.15) is 5.10 Å². The van der Waals surface area contributed by atoms with Gasteiger partial charge in [0.05, 0.1) is 24.5 Å². The van der Waals surface area contributed by atoms with E-state index in [1.807, 2.05) is 42.5 Å². The molecule has 0 saturated carbocycles. The predicted molar refractivity (Wildman–Crippen MR) is 101 cm³/mol. The number of rotatable bonds is 5. The van der Waals surface area contributed by atoms with Crippen LogP contribution in [0, 0.1) is 0 Å². The van der Waals surface area contributed by atoms with Crippen molar-refractivity contribution in [3.63, 3.8) is 0 Å². The zero-order valence-electron chi connectivity index (χ0n) is 14.2. The van der Waals surface area contributed by atoms with Crippen molar-refractivity contribution in [2.45, 2.75) is 6.54 Å². The SMILES string of the molecule is COc1ccc(-c2cc3nnccc3[nH]2)cc1NCc1cccc(O)c1. The summed E-state index contributed by atoms with van der Waals surface area (Å²) in [6.07, 6.45) is 1.67. The highest BCUT2D eigenvalue weighted by Crippen LogP contribution is 2.31. The highest BCUT2D eigenvalue weighted by molar-refractivity contribution is 5.83. The Kier molecular flexibility index (Phi) is 4.15. The first-order valence-corrected chi connectivity index (χ1v) is 8.23. The largest absolute Gasteiger partial charge is 0.508 e. The maximum Gasteiger partial charge on any atom is 0.142 e. The molecule has 3 N–H and O–H groups in total. The van der Waals surface area contributed by atoms with E-state index in [-0.39, 0.29) is 5.75 Å². The van der Waals surface area contributed by atoms with Gasteiger partial charge < -0.3 is 20.1 Å². The molecule has 2 heterocycles. The van der Waals surface area contributed by atoms with E-state index < -0.39 is 0 Å². The molecule has 0 fully saturated rings. The molecule has 0 saturated heterocycles. The molecule has 6 heteroatoms. The maximum atomic E-state index is 9.61. The maximum absolute atomic E-state index is 9.61. The minimum atomic E-state index is 0.254. The molecule has 0 spiro atoms. The monoisotopic (exact) mass is 346 g/mol. The Bertz CT molecular complexity index is 1030. The second kappa shape index (κ2) is 6.76. The molecule has 0 unspecified atom stereocenters. The van der Waals surface area contributed by atoms with E-state index in [1.165, 1.54) is 0 Å². The van der Waals surface area contributed by atoms with E-state index in [0.717, 1.165) is 39.3 Å². The van der Waals surface area contributed by atoms with E-state index in [4.69, 9.17) is 4.74 Å². The number of benzene rings is 2. The van der Waals surface area contributed by atoms with Crippen molar-refractivity contribution in [1.29, 1.82) is 0 Å². The second-order valence-corrected chi connectivity index (χ2v) is 5.95. The van der Waals surface area contributed by atoms with Crippen molar-refractivity contribution in [2.24, 2.45) is 0 Å². The topological polar surface area (TPSA) is 83.1 Å². The van der Waals surface area contributed by atoms with E-state index >= 15 is 0 Å². The van der Waals surface area contributed by atoms with Crippen LogP contribution in [0.3, 0.4) is 0 Å². The van der Waals surface area contributed by atoms with Crippen molar-refractivity contribution in [2.75, 3.05) is 12.4 Å². The number of phenols is 1. The van der Waals surface area contributed by atoms with Gasteiger partial charge in [0.15, 0.2) is 0 Å². The summed E-state index contributed by atoms with van der Waals surface area (Å²) < 4.78 is 5.46. The Labute approximate surface area is 150 Å². The average Bonchev–Trinajstić information content (AvgIpc) is 3.10. The molecule has 2 aromatic carbocycles. The Hall–Kier alpha value is -3.54. The van der Waals surface area contributed by atoms with Crippen LogP contribution in [0.15, 0.2) is 60.8 Å². The van der Waals surface area contributed by atoms with Gasteiger partial charge in [-0.25, -0.2) is 0 Å². The number of fused-ring (bicyclic) bond motifs is 1. The summed E-state index contributed by atoms with van der Waals surface area (Å²) in [4.78, 5) is 3.35. The lowest BCUT2D eigenvalue weighted by Gasteiger charge is -2.13. The normalized spacial score (nSPS) is 10.8. The zero-order valence-corrected chi connectivity index (χ0v) is 14.2. The number of nitrogens with one attached hydrogen (secondary N) is 2. The zero-order chi connectivity index (χ0) is 17.9. The fourth-order valence-corrected chi connectivity index (χ4v) is 2.91. The Morgan fingerprint density at radius 1 is 1.12 bits per heavy atom. The van der Waals surface area contributed by atoms with Gasteiger partial charge in [0.25, 0.3) is 0 Å². The molecule has 2 aromatic heterocycles. The third-order valence-electron chi connectivity index (χ3n) is 4.20. The summed E-state index contributed by atoms with van der Waals surface area (Å²) >= 11 is 0. The molecule has 0 aliphatic rings. The first kappa shape index (κ1) is 16.0. The van der Waals surface area contributed by atoms with Crippen LogP contribution in [0.2, 0.25) is 0 Å². The lowest BCUT2D eigenvalue weighted by molar-refractivity contribution is 0.416. The van der Waals surface area contributed by atoms with Crippen LogP contribution in [-0.4, -0.2) is 27.4 Å². The summed E-state index contributed by atoms with van der Waals surface area (Å²) in [5.41, 5.74) is 5.61. The predicted octanol–water partition coefficient (Wildman–Crippen LogP) is 3.95. The van der Waals surface area contributed by atoms with Crippen molar-refractivity contribution in [3.8, 4) is 22.8 Å². The fourth-order valence-electron chi connectivity index (χ4n) is 2.91. The summed E-state index contributed by atoms with van der Waals surface area (Å²) in [5, 5.41) is 21.0. The van der Waals surface area contributed by atoms with Gasteiger partial charge in [-0.15, -0.1) is 5.10 Å². The minimum Gasteiger partial charge on any atom is -0.508 e. The highest BCUT2D eigenvalue weighted by Gasteiger charge is 2.09. The summed E-state index contributed by atoms with van der Waals surface area (Å²) in [6.45, 7) is 0.576. The number of hydrogen-bond acceptors (Lipinski definition) is 5. The standard InChI is InChI=1S/C20H18N4O2/c1-26-20-6-5-14(17-11-18-16(23-17)7-8-22-24-18)10-19(20)21-12-13-3-2-4-15(25)9-13/h2-11,21,23,25H,12H2,1H3. The second-order valence-electron chi connectivity index (χ2n) is 5.95. The van der Waals surface area contributed by atoms with E-state index in [0.29, 0.717) is 6.54 Å². The van der Waals surface area contributed by atoms with E-state index in [2.05, 4.69) is 20.5 Å². The first-order valence-electron chi connectivity index (χ1n) is 8.23. The molecule has 26 heavy (non-hydrogen) atoms. The summed E-state index contributed by atoms with van der Waals surface area (Å²) in [5.74, 6) is 1.01. The summed E-state index contributed by atoms with van der Waals surface area (Å²) in [6, 6.07) is 17.0. The van der Waals surface area contributed by atoms with Crippen LogP contribution in [0.1, 0.15) is 5.56 Å². The third kappa shape index (κ3) is 3.17. The molecule has 0 atom stereocenters. The first-order chi connectivity index (χ1) is 12.7. The number of aromatic amines is 1. The van der Waals surface area contributed by atoms with Crippen molar-refractivity contribution >= 4 is 16.7 Å². The van der Waals surface area contributed by atoms with Crippen LogP contribution in [0.5, 0.6) is 11.5 Å². The number of methoxy groups -OCH3 is 1. The number of nitrogens with zero attached hydrogens (tertiary/aromatic N) is 2. The quantitative estimate of drug-likeness (QED) is 0.510. The van der Waals surface area contributed by atoms with Crippen LogP contribution >= 0.6 is 0 Å². The van der Waals surface area contributed by atoms with Gasteiger partial charge >= 0.3 is 0 Å². The smallest absolute Gasteiger partial charge is 0.142 e. The molecule has 0 amide bonds. The number of ether oxygens (including phenoxy) is 1. The molecule has 6 nitrogen and oxygen atoms in total. The van der Waals surface area contributed by atoms with E-state index in [9.17, 15) is 5.11 Å². The van der Waals surface area contributed by atoms with Gasteiger partial charge in [0.1, 0.15) is 17.0 Å². The number of anilines is 1. The molecule has 0 aliphatic carbocycles. The number of aromatic nitrogens is 3. The van der Waals surface area contributed by atoms with Gasteiger partial charge in [-0.1, -0.05) is 12.1 Å². The lowest BCUT2D eigenvalue weighted by Crippen LogP contribution is -2.01. The lowest BCUT2D eigenvalue weighted by atomic mass is 10.1. The van der Waals surface area contributed by atoms with Gasteiger partial charge in [0.2, 0.25) is 0 Å². The van der Waals surface area contributed by atoms with Crippen LogP contribution in [-0.2, 0) is 6.54 Å². The number of aromatic hydroxyl groups is 1. The summed E-state index contributed by atoms with van der Waals surface area (Å²) in [7, 11) is 1.65. The van der Waals surface area contributed by atoms with Gasteiger partial charge in [-0.05, 0) is 48.0 Å². The van der Waals surface area contributed by atoms with Crippen molar-refractivity contribution < 1.29 is 9.84 Å². The van der Waals surface area contributed by atoms with Crippen LogP contribution < -0.4 is 10.1 Å². The molecule has 4 rings (SSSR count). The van der Waals surface area contributed by atoms with Crippen molar-refractivity contribution in [3.05, 3.63) is 66.4 Å². The van der Waals surface area contributed by atoms with Crippen LogP contribution in [0.4, 0.5) is 5.69 Å². The van der Waals surface area contributed by atoms with Crippen LogP contribution in [0.25, 0.3) is 22.3 Å². The number of phenolic OH excluding ortho intramolecular Hbond substituents is 1. The minimum absolute atomic E-state index is 0.254. The molecule has 0 bridgehead atoms. The fraction of sp³-hybridized carbons (Fsp3) is 0.100. The van der Waals surface area contributed by atoms with Gasteiger partial charge in [0, 0.05) is 17.8 Å². The number of H-pyrrole nitrogens is 1. The Morgan fingerprint density at radius 3 is 2.85 bits per heavy atom. The highest BCUT2D eigenvalue weighted by atomic mass is 16.5. The molecule has 0 radical (unpaired) electrons. The average molecular weight is 346 g/mol. The molecular weight excluding hydrogens is 328 g/mol. The molecule has 0 aliphatic heterocycles. The Morgan fingerprint density at radius 2 is 2.04 bits per heavy atom. The third-order valence-corrected chi connectivity index (χ3v) is 4.20. The van der Waals surface area contributed by atoms with E-state index in [1.54, 1.807) is 25.4 Å². The number of hydrogen-bond donors (Lipinski definition) is 3.